The molecule has 0 aliphatic carbocycles. The van der Waals surface area contributed by atoms with E-state index in [1.165, 1.54) is 28.0 Å². The van der Waals surface area contributed by atoms with E-state index in [1.54, 1.807) is 37.6 Å². The lowest BCUT2D eigenvalue weighted by molar-refractivity contribution is 0.618. The number of pyridine rings is 1. The highest BCUT2D eigenvalue weighted by Crippen LogP contribution is 2.21. The third-order valence-corrected chi connectivity index (χ3v) is 5.59. The zero-order valence-corrected chi connectivity index (χ0v) is 16.4. The Labute approximate surface area is 169 Å². The molecule has 3 heterocycles. The van der Waals surface area contributed by atoms with Crippen molar-refractivity contribution in [2.75, 3.05) is 0 Å². The first-order valence-electron chi connectivity index (χ1n) is 8.88. The molecule has 144 valence electrons. The molecule has 0 amide bonds. The minimum absolute atomic E-state index is 0.0110. The van der Waals surface area contributed by atoms with Gasteiger partial charge in [-0.2, -0.15) is 0 Å². The Bertz CT molecular complexity index is 1370. The van der Waals surface area contributed by atoms with E-state index >= 15 is 0 Å². The molecule has 29 heavy (non-hydrogen) atoms. The molecule has 0 atom stereocenters. The first-order chi connectivity index (χ1) is 14.0. The molecule has 4 aromatic rings. The van der Waals surface area contributed by atoms with Gasteiger partial charge in [0.05, 0.1) is 16.8 Å². The summed E-state index contributed by atoms with van der Waals surface area (Å²) in [5, 5.41) is 0.430. The molecule has 0 spiro atoms. The molecule has 0 bridgehead atoms. The maximum atomic E-state index is 13.5. The maximum absolute atomic E-state index is 13.5. The second-order valence-corrected chi connectivity index (χ2v) is 7.56. The molecular weight excluding hydrogens is 389 g/mol. The van der Waals surface area contributed by atoms with Crippen LogP contribution in [0.1, 0.15) is 16.0 Å². The largest absolute Gasteiger partial charge is 0.332 e. The van der Waals surface area contributed by atoms with Gasteiger partial charge in [0.2, 0.25) is 0 Å². The highest BCUT2D eigenvalue weighted by molar-refractivity contribution is 7.19. The van der Waals surface area contributed by atoms with Gasteiger partial charge in [0.15, 0.2) is 0 Å². The third-order valence-electron chi connectivity index (χ3n) is 4.47. The minimum atomic E-state index is -0.441. The molecule has 0 fully saturated rings. The lowest BCUT2D eigenvalue weighted by atomic mass is 10.2. The number of halogens is 1. The van der Waals surface area contributed by atoms with E-state index in [-0.39, 0.29) is 6.54 Å². The third kappa shape index (κ3) is 3.89. The fraction of sp³-hybridized carbons (Fsp3) is 0.136. The van der Waals surface area contributed by atoms with Crippen LogP contribution in [0.15, 0.2) is 64.4 Å². The summed E-state index contributed by atoms with van der Waals surface area (Å²) in [6.45, 7) is 0.0110. The van der Waals surface area contributed by atoms with Gasteiger partial charge in [-0.15, -0.1) is 11.3 Å². The van der Waals surface area contributed by atoms with Gasteiger partial charge in [0, 0.05) is 25.9 Å². The zero-order chi connectivity index (χ0) is 20.4. The first-order valence-corrected chi connectivity index (χ1v) is 9.70. The summed E-state index contributed by atoms with van der Waals surface area (Å²) < 4.78 is 16.0. The Kier molecular flexibility index (Phi) is 5.10. The molecule has 5 nitrogen and oxygen atoms in total. The molecule has 0 unspecified atom stereocenters. The van der Waals surface area contributed by atoms with Crippen LogP contribution in [-0.2, 0) is 20.0 Å². The van der Waals surface area contributed by atoms with Gasteiger partial charge in [-0.3, -0.25) is 18.9 Å². The molecule has 1 aromatic carbocycles. The Hall–Kier alpha value is -3.50. The monoisotopic (exact) mass is 405 g/mol. The van der Waals surface area contributed by atoms with E-state index in [2.05, 4.69) is 16.8 Å². The summed E-state index contributed by atoms with van der Waals surface area (Å²) in [6.07, 6.45) is 4.01. The van der Waals surface area contributed by atoms with Gasteiger partial charge < -0.3 is 0 Å². The van der Waals surface area contributed by atoms with E-state index in [1.807, 2.05) is 12.1 Å². The standard InChI is InChI=1S/C22H16FN3O2S/c1-25-21-19(12-18(29-21)9-3-5-15-7-4-10-24-13-15)20(27)26(22(25)28)14-16-6-2-8-17(23)11-16/h2,4,6-8,10-13H,5,14H2,1H3. The van der Waals surface area contributed by atoms with Crippen molar-refractivity contribution in [3.8, 4) is 11.8 Å². The van der Waals surface area contributed by atoms with Crippen molar-refractivity contribution < 1.29 is 4.39 Å². The number of hydrogen-bond donors (Lipinski definition) is 0. The predicted molar refractivity (Wildman–Crippen MR) is 112 cm³/mol. The highest BCUT2D eigenvalue weighted by atomic mass is 32.1. The van der Waals surface area contributed by atoms with Crippen molar-refractivity contribution in [1.82, 2.24) is 14.1 Å². The number of hydrogen-bond acceptors (Lipinski definition) is 4. The fourth-order valence-electron chi connectivity index (χ4n) is 3.04. The number of rotatable bonds is 3. The van der Waals surface area contributed by atoms with Crippen LogP contribution in [0.5, 0.6) is 0 Å². The lowest BCUT2D eigenvalue weighted by Gasteiger charge is -2.08. The van der Waals surface area contributed by atoms with Crippen molar-refractivity contribution >= 4 is 21.6 Å². The van der Waals surface area contributed by atoms with Gasteiger partial charge in [0.1, 0.15) is 10.6 Å². The number of aryl methyl sites for hydroxylation is 1. The maximum Gasteiger partial charge on any atom is 0.332 e. The quantitative estimate of drug-likeness (QED) is 0.493. The van der Waals surface area contributed by atoms with Gasteiger partial charge in [0.25, 0.3) is 5.56 Å². The average Bonchev–Trinajstić information content (AvgIpc) is 3.15. The van der Waals surface area contributed by atoms with Crippen LogP contribution in [0.2, 0.25) is 0 Å². The summed E-state index contributed by atoms with van der Waals surface area (Å²) in [5.74, 6) is 5.73. The molecule has 0 aliphatic rings. The SMILES string of the molecule is Cn1c(=O)n(Cc2cccc(F)c2)c(=O)c2cc(C#CCc3cccnc3)sc21. The second-order valence-electron chi connectivity index (χ2n) is 6.53. The van der Waals surface area contributed by atoms with E-state index in [9.17, 15) is 14.0 Å². The second kappa shape index (κ2) is 7.86. The molecule has 4 rings (SSSR count). The van der Waals surface area contributed by atoms with E-state index in [0.717, 1.165) is 10.1 Å². The topological polar surface area (TPSA) is 56.9 Å². The fourth-order valence-corrected chi connectivity index (χ4v) is 4.02. The van der Waals surface area contributed by atoms with Gasteiger partial charge in [-0.1, -0.05) is 30.0 Å². The number of aromatic nitrogens is 3. The van der Waals surface area contributed by atoms with Crippen LogP contribution >= 0.6 is 11.3 Å². The van der Waals surface area contributed by atoms with Gasteiger partial charge in [-0.25, -0.2) is 9.18 Å². The van der Waals surface area contributed by atoms with Crippen LogP contribution in [0.4, 0.5) is 4.39 Å². The molecule has 0 saturated heterocycles. The Morgan fingerprint density at radius 3 is 2.72 bits per heavy atom. The summed E-state index contributed by atoms with van der Waals surface area (Å²) in [7, 11) is 1.62. The van der Waals surface area contributed by atoms with Gasteiger partial charge in [-0.05, 0) is 35.4 Å². The van der Waals surface area contributed by atoms with E-state index in [0.29, 0.717) is 27.1 Å². The Morgan fingerprint density at radius 2 is 1.97 bits per heavy atom. The number of nitrogens with zero attached hydrogens (tertiary/aromatic N) is 3. The summed E-state index contributed by atoms with van der Waals surface area (Å²) in [6, 6.07) is 11.4. The van der Waals surface area contributed by atoms with Crippen molar-refractivity contribution in [3.63, 3.8) is 0 Å². The molecule has 7 heteroatoms. The first kappa shape index (κ1) is 18.8. The highest BCUT2D eigenvalue weighted by Gasteiger charge is 2.14. The molecule has 0 saturated carbocycles. The molecule has 0 N–H and O–H groups in total. The van der Waals surface area contributed by atoms with Crippen LogP contribution in [0, 0.1) is 17.7 Å². The van der Waals surface area contributed by atoms with E-state index < -0.39 is 17.1 Å². The number of thiophene rings is 1. The summed E-state index contributed by atoms with van der Waals surface area (Å²) in [5.41, 5.74) is 0.716. The average molecular weight is 405 g/mol. The van der Waals surface area contributed by atoms with Crippen molar-refractivity contribution in [1.29, 1.82) is 0 Å². The Morgan fingerprint density at radius 1 is 1.14 bits per heavy atom. The number of fused-ring (bicyclic) bond motifs is 1. The predicted octanol–water partition coefficient (Wildman–Crippen LogP) is 2.94. The smallest absolute Gasteiger partial charge is 0.287 e. The lowest BCUT2D eigenvalue weighted by Crippen LogP contribution is -2.38. The number of benzene rings is 1. The van der Waals surface area contributed by atoms with Crippen molar-refractivity contribution in [2.45, 2.75) is 13.0 Å². The summed E-state index contributed by atoms with van der Waals surface area (Å²) >= 11 is 1.31. The van der Waals surface area contributed by atoms with Crippen LogP contribution in [0.3, 0.4) is 0 Å². The van der Waals surface area contributed by atoms with Crippen molar-refractivity contribution in [2.24, 2.45) is 7.05 Å². The van der Waals surface area contributed by atoms with Crippen LogP contribution < -0.4 is 11.2 Å². The van der Waals surface area contributed by atoms with E-state index in [4.69, 9.17) is 0 Å². The van der Waals surface area contributed by atoms with Gasteiger partial charge >= 0.3 is 5.69 Å². The van der Waals surface area contributed by atoms with Crippen LogP contribution in [0.25, 0.3) is 10.2 Å². The Balaban J connectivity index is 1.72. The minimum Gasteiger partial charge on any atom is -0.287 e. The molecule has 0 aliphatic heterocycles. The zero-order valence-electron chi connectivity index (χ0n) is 15.6. The van der Waals surface area contributed by atoms with Crippen molar-refractivity contribution in [3.05, 3.63) is 97.5 Å². The van der Waals surface area contributed by atoms with Crippen LogP contribution in [-0.4, -0.2) is 14.1 Å². The molecular formula is C22H16FN3O2S. The normalized spacial score (nSPS) is 10.7. The molecule has 0 radical (unpaired) electrons. The summed E-state index contributed by atoms with van der Waals surface area (Å²) in [4.78, 5) is 30.9. The molecule has 3 aromatic heterocycles.